The maximum Gasteiger partial charge on any atom is 0.261 e. The molecule has 1 amide bonds. The summed E-state index contributed by atoms with van der Waals surface area (Å²) in [7, 11) is 0. The first-order chi connectivity index (χ1) is 13.0. The van der Waals surface area contributed by atoms with Gasteiger partial charge in [0.1, 0.15) is 6.04 Å². The number of hydrogen-bond donors (Lipinski definition) is 1. The summed E-state index contributed by atoms with van der Waals surface area (Å²) in [6.07, 6.45) is 1.38. The number of amides is 1. The highest BCUT2D eigenvalue weighted by Crippen LogP contribution is 2.10. The molecular weight excluding hydrogens is 346 g/mol. The largest absolute Gasteiger partial charge is 0.548 e. The molecule has 1 N–H and O–H groups in total. The zero-order valence-corrected chi connectivity index (χ0v) is 14.7. The van der Waals surface area contributed by atoms with Gasteiger partial charge in [-0.05, 0) is 31.0 Å². The van der Waals surface area contributed by atoms with Gasteiger partial charge in [0.05, 0.1) is 29.2 Å². The third-order valence-corrected chi connectivity index (χ3v) is 4.37. The summed E-state index contributed by atoms with van der Waals surface area (Å²) in [6, 6.07) is 13.6. The quantitative estimate of drug-likeness (QED) is 0.683. The van der Waals surface area contributed by atoms with Crippen molar-refractivity contribution in [3.8, 4) is 0 Å². The van der Waals surface area contributed by atoms with Crippen molar-refractivity contribution < 1.29 is 14.7 Å². The van der Waals surface area contributed by atoms with Gasteiger partial charge in [0.25, 0.3) is 5.56 Å². The number of rotatable bonds is 6. The van der Waals surface area contributed by atoms with Crippen molar-refractivity contribution in [2.75, 3.05) is 0 Å². The van der Waals surface area contributed by atoms with Gasteiger partial charge >= 0.3 is 0 Å². The van der Waals surface area contributed by atoms with Gasteiger partial charge in [0.2, 0.25) is 5.91 Å². The van der Waals surface area contributed by atoms with Crippen molar-refractivity contribution in [1.29, 1.82) is 0 Å². The van der Waals surface area contributed by atoms with Gasteiger partial charge in [-0.2, -0.15) is 0 Å². The van der Waals surface area contributed by atoms with Crippen molar-refractivity contribution in [1.82, 2.24) is 14.9 Å². The van der Waals surface area contributed by atoms with E-state index in [1.165, 1.54) is 17.8 Å². The molecule has 1 aromatic heterocycles. The van der Waals surface area contributed by atoms with Crippen molar-refractivity contribution in [2.45, 2.75) is 25.4 Å². The predicted molar refractivity (Wildman–Crippen MR) is 97.8 cm³/mol. The Morgan fingerprint density at radius 3 is 2.48 bits per heavy atom. The van der Waals surface area contributed by atoms with Crippen LogP contribution in [0, 0.1) is 0 Å². The smallest absolute Gasteiger partial charge is 0.261 e. The lowest BCUT2D eigenvalue weighted by molar-refractivity contribution is -0.308. The monoisotopic (exact) mass is 364 g/mol. The van der Waals surface area contributed by atoms with Gasteiger partial charge in [-0.3, -0.25) is 14.2 Å². The average molecular weight is 364 g/mol. The molecule has 1 heterocycles. The Bertz CT molecular complexity index is 1030. The highest BCUT2D eigenvalue weighted by molar-refractivity contribution is 5.85. The second-order valence-corrected chi connectivity index (χ2v) is 6.22. The molecule has 0 unspecified atom stereocenters. The first-order valence-electron chi connectivity index (χ1n) is 8.48. The predicted octanol–water partition coefficient (Wildman–Crippen LogP) is 0.435. The van der Waals surface area contributed by atoms with Crippen molar-refractivity contribution in [3.63, 3.8) is 0 Å². The molecule has 0 aliphatic heterocycles. The van der Waals surface area contributed by atoms with Crippen molar-refractivity contribution in [3.05, 3.63) is 76.8 Å². The highest BCUT2D eigenvalue weighted by Gasteiger charge is 2.21. The molecule has 7 heteroatoms. The summed E-state index contributed by atoms with van der Waals surface area (Å²) in [5.41, 5.74) is 0.920. The Kier molecular flexibility index (Phi) is 5.30. The fourth-order valence-corrected chi connectivity index (χ4v) is 2.82. The summed E-state index contributed by atoms with van der Waals surface area (Å²) in [5.74, 6) is -1.98. The van der Waals surface area contributed by atoms with E-state index in [0.29, 0.717) is 10.9 Å². The third kappa shape index (κ3) is 4.03. The lowest BCUT2D eigenvalue weighted by Gasteiger charge is -2.23. The topological polar surface area (TPSA) is 104 Å². The van der Waals surface area contributed by atoms with E-state index in [9.17, 15) is 19.5 Å². The van der Waals surface area contributed by atoms with Gasteiger partial charge in [-0.25, -0.2) is 4.98 Å². The summed E-state index contributed by atoms with van der Waals surface area (Å²) in [6.45, 7) is 1.52. The number of fused-ring (bicyclic) bond motifs is 1. The standard InChI is InChI=1S/C20H19N3O4/c1-13(23-12-21-16-10-6-5-9-15(16)19(23)25)18(24)22-17(20(26)27)11-14-7-3-2-4-8-14/h2-10,12-13,17H,11H2,1H3,(H,22,24)(H,26,27)/p-1/t13-,17-/m0/s1. The van der Waals surface area contributed by atoms with Gasteiger partial charge in [-0.1, -0.05) is 42.5 Å². The maximum absolute atomic E-state index is 12.6. The molecule has 2 aromatic carbocycles. The molecule has 0 spiro atoms. The van der Waals surface area contributed by atoms with Gasteiger partial charge in [0, 0.05) is 0 Å². The second kappa shape index (κ2) is 7.82. The lowest BCUT2D eigenvalue weighted by atomic mass is 10.1. The van der Waals surface area contributed by atoms with E-state index < -0.39 is 24.0 Å². The van der Waals surface area contributed by atoms with Crippen LogP contribution in [0.25, 0.3) is 10.9 Å². The van der Waals surface area contributed by atoms with E-state index in [-0.39, 0.29) is 12.0 Å². The van der Waals surface area contributed by atoms with Crippen LogP contribution in [0.15, 0.2) is 65.7 Å². The van der Waals surface area contributed by atoms with E-state index in [0.717, 1.165) is 5.56 Å². The maximum atomic E-state index is 12.6. The SMILES string of the molecule is C[C@@H](C(=O)N[C@@H](Cc1ccccc1)C(=O)[O-])n1cnc2ccccc2c1=O. The van der Waals surface area contributed by atoms with Crippen LogP contribution < -0.4 is 16.0 Å². The molecule has 0 bridgehead atoms. The van der Waals surface area contributed by atoms with Crippen LogP contribution in [0.2, 0.25) is 0 Å². The van der Waals surface area contributed by atoms with Crippen LogP contribution in [0.1, 0.15) is 18.5 Å². The number of nitrogens with one attached hydrogen (secondary N) is 1. The molecule has 0 fully saturated rings. The molecule has 0 aliphatic carbocycles. The fourth-order valence-electron chi connectivity index (χ4n) is 2.82. The van der Waals surface area contributed by atoms with E-state index in [1.54, 1.807) is 48.5 Å². The number of benzene rings is 2. The summed E-state index contributed by atoms with van der Waals surface area (Å²) < 4.78 is 1.19. The molecule has 0 saturated heterocycles. The Balaban J connectivity index is 1.81. The summed E-state index contributed by atoms with van der Waals surface area (Å²) in [5, 5.41) is 14.3. The first-order valence-corrected chi connectivity index (χ1v) is 8.48. The van der Waals surface area contributed by atoms with Crippen LogP contribution in [0.3, 0.4) is 0 Å². The molecule has 27 heavy (non-hydrogen) atoms. The van der Waals surface area contributed by atoms with Crippen LogP contribution in [0.4, 0.5) is 0 Å². The molecule has 0 saturated carbocycles. The van der Waals surface area contributed by atoms with Gasteiger partial charge < -0.3 is 15.2 Å². The minimum absolute atomic E-state index is 0.0898. The number of hydrogen-bond acceptors (Lipinski definition) is 5. The first kappa shape index (κ1) is 18.3. The van der Waals surface area contributed by atoms with Crippen LogP contribution in [0.5, 0.6) is 0 Å². The second-order valence-electron chi connectivity index (χ2n) is 6.22. The minimum Gasteiger partial charge on any atom is -0.548 e. The molecule has 0 aliphatic rings. The lowest BCUT2D eigenvalue weighted by Crippen LogP contribution is -2.51. The number of carboxylic acid groups (broad SMARTS) is 1. The van der Waals surface area contributed by atoms with E-state index >= 15 is 0 Å². The molecular formula is C20H18N3O4-. The Hall–Kier alpha value is -3.48. The number of aliphatic carboxylic acids is 1. The number of carboxylic acids is 1. The number of aromatic nitrogens is 2. The third-order valence-electron chi connectivity index (χ3n) is 4.37. The van der Waals surface area contributed by atoms with Crippen LogP contribution >= 0.6 is 0 Å². The fraction of sp³-hybridized carbons (Fsp3) is 0.200. The van der Waals surface area contributed by atoms with Crippen molar-refractivity contribution in [2.24, 2.45) is 0 Å². The van der Waals surface area contributed by atoms with Crippen LogP contribution in [-0.4, -0.2) is 27.5 Å². The Labute approximate surface area is 155 Å². The average Bonchev–Trinajstić information content (AvgIpc) is 2.68. The zero-order chi connectivity index (χ0) is 19.4. The number of carbonyl (C=O) groups is 2. The van der Waals surface area contributed by atoms with Crippen molar-refractivity contribution >= 4 is 22.8 Å². The highest BCUT2D eigenvalue weighted by atomic mass is 16.4. The number of nitrogens with zero attached hydrogens (tertiary/aromatic N) is 2. The van der Waals surface area contributed by atoms with Crippen LogP contribution in [-0.2, 0) is 16.0 Å². The summed E-state index contributed by atoms with van der Waals surface area (Å²) >= 11 is 0. The molecule has 138 valence electrons. The van der Waals surface area contributed by atoms with E-state index in [1.807, 2.05) is 6.07 Å². The minimum atomic E-state index is -1.39. The van der Waals surface area contributed by atoms with Gasteiger partial charge in [-0.15, -0.1) is 0 Å². The molecule has 3 aromatic rings. The molecule has 2 atom stereocenters. The van der Waals surface area contributed by atoms with E-state index in [2.05, 4.69) is 10.3 Å². The summed E-state index contributed by atoms with van der Waals surface area (Å²) in [4.78, 5) is 40.8. The normalized spacial score (nSPS) is 13.1. The van der Waals surface area contributed by atoms with Gasteiger partial charge in [0.15, 0.2) is 0 Å². The number of carbonyl (C=O) groups excluding carboxylic acids is 2. The Morgan fingerprint density at radius 2 is 1.78 bits per heavy atom. The number of para-hydroxylation sites is 1. The molecule has 3 rings (SSSR count). The molecule has 0 radical (unpaired) electrons. The Morgan fingerprint density at radius 1 is 1.11 bits per heavy atom. The zero-order valence-electron chi connectivity index (χ0n) is 14.7. The molecule has 7 nitrogen and oxygen atoms in total. The van der Waals surface area contributed by atoms with E-state index in [4.69, 9.17) is 0 Å².